The van der Waals surface area contributed by atoms with Gasteiger partial charge in [-0.1, -0.05) is 0 Å². The van der Waals surface area contributed by atoms with Gasteiger partial charge in [-0.15, -0.1) is 0 Å². The van der Waals surface area contributed by atoms with Crippen LogP contribution in [-0.2, 0) is 24.2 Å². The molecular formula is C9H13N3O2. The van der Waals surface area contributed by atoms with Crippen LogP contribution in [0.15, 0.2) is 6.20 Å². The first kappa shape index (κ1) is 9.21. The number of aromatic nitrogens is 2. The molecule has 1 aliphatic heterocycles. The van der Waals surface area contributed by atoms with E-state index in [-0.39, 0.29) is 0 Å². The number of carboxylic acids is 1. The molecule has 2 heterocycles. The number of carboxylic acid groups (broad SMARTS) is 1. The summed E-state index contributed by atoms with van der Waals surface area (Å²) in [6.07, 6.45) is 4.34. The van der Waals surface area contributed by atoms with Gasteiger partial charge in [0.15, 0.2) is 0 Å². The molecule has 76 valence electrons. The summed E-state index contributed by atoms with van der Waals surface area (Å²) in [5.41, 5.74) is 6.21. The van der Waals surface area contributed by atoms with E-state index in [1.807, 2.05) is 6.20 Å². The normalized spacial score (nSPS) is 16.6. The topological polar surface area (TPSA) is 81.1 Å². The smallest absolute Gasteiger partial charge is 0.320 e. The van der Waals surface area contributed by atoms with Gasteiger partial charge in [-0.05, 0) is 6.42 Å². The summed E-state index contributed by atoms with van der Waals surface area (Å²) >= 11 is 0. The van der Waals surface area contributed by atoms with Crippen LogP contribution in [0.25, 0.3) is 0 Å². The van der Waals surface area contributed by atoms with Crippen LogP contribution < -0.4 is 5.73 Å². The summed E-state index contributed by atoms with van der Waals surface area (Å²) in [7, 11) is 0. The zero-order chi connectivity index (χ0) is 10.1. The van der Waals surface area contributed by atoms with Crippen molar-refractivity contribution in [3.05, 3.63) is 17.7 Å². The standard InChI is InChI=1S/C9H13N3O2/c10-7(9(13)14)4-6-5-12-3-1-2-8(12)11-6/h5,7H,1-4,10H2,(H,13,14). The molecule has 0 fully saturated rings. The monoisotopic (exact) mass is 195 g/mol. The molecule has 1 aromatic rings. The van der Waals surface area contributed by atoms with Crippen molar-refractivity contribution in [1.82, 2.24) is 9.55 Å². The summed E-state index contributed by atoms with van der Waals surface area (Å²) in [5, 5.41) is 8.63. The average molecular weight is 195 g/mol. The Balaban J connectivity index is 2.07. The van der Waals surface area contributed by atoms with E-state index in [1.54, 1.807) is 0 Å². The lowest BCUT2D eigenvalue weighted by atomic mass is 10.2. The number of rotatable bonds is 3. The molecule has 1 aliphatic rings. The molecule has 0 aromatic carbocycles. The van der Waals surface area contributed by atoms with Crippen molar-refractivity contribution in [2.24, 2.45) is 5.73 Å². The fourth-order valence-corrected chi connectivity index (χ4v) is 1.72. The predicted molar refractivity (Wildman–Crippen MR) is 49.9 cm³/mol. The Morgan fingerprint density at radius 3 is 3.21 bits per heavy atom. The van der Waals surface area contributed by atoms with Crippen LogP contribution in [0.3, 0.4) is 0 Å². The summed E-state index contributed by atoms with van der Waals surface area (Å²) in [6.45, 7) is 0.991. The van der Waals surface area contributed by atoms with Gasteiger partial charge in [-0.2, -0.15) is 0 Å². The minimum absolute atomic E-state index is 0.315. The highest BCUT2D eigenvalue weighted by atomic mass is 16.4. The number of aliphatic carboxylic acids is 1. The summed E-state index contributed by atoms with van der Waals surface area (Å²) in [4.78, 5) is 14.9. The van der Waals surface area contributed by atoms with Gasteiger partial charge in [-0.3, -0.25) is 4.79 Å². The Morgan fingerprint density at radius 2 is 2.57 bits per heavy atom. The number of nitrogens with zero attached hydrogens (tertiary/aromatic N) is 2. The van der Waals surface area contributed by atoms with Crippen LogP contribution in [0, 0.1) is 0 Å². The molecule has 1 unspecified atom stereocenters. The van der Waals surface area contributed by atoms with E-state index in [1.165, 1.54) is 0 Å². The molecule has 0 bridgehead atoms. The van der Waals surface area contributed by atoms with Crippen LogP contribution in [-0.4, -0.2) is 26.7 Å². The molecule has 14 heavy (non-hydrogen) atoms. The lowest BCUT2D eigenvalue weighted by Gasteiger charge is -2.02. The van der Waals surface area contributed by atoms with E-state index in [2.05, 4.69) is 9.55 Å². The molecule has 0 radical (unpaired) electrons. The molecule has 1 aromatic heterocycles. The van der Waals surface area contributed by atoms with Gasteiger partial charge in [0.25, 0.3) is 0 Å². The number of hydrogen-bond acceptors (Lipinski definition) is 3. The third-order valence-electron chi connectivity index (χ3n) is 2.45. The van der Waals surface area contributed by atoms with E-state index in [4.69, 9.17) is 10.8 Å². The number of fused-ring (bicyclic) bond motifs is 1. The quantitative estimate of drug-likeness (QED) is 0.699. The van der Waals surface area contributed by atoms with Crippen LogP contribution in [0.5, 0.6) is 0 Å². The Labute approximate surface area is 81.5 Å². The SMILES string of the molecule is NC(Cc1cn2c(n1)CCC2)C(=O)O. The van der Waals surface area contributed by atoms with Crippen molar-refractivity contribution in [1.29, 1.82) is 0 Å². The molecule has 5 heteroatoms. The summed E-state index contributed by atoms with van der Waals surface area (Å²) in [6, 6.07) is -0.842. The van der Waals surface area contributed by atoms with Crippen molar-refractivity contribution in [2.75, 3.05) is 0 Å². The third kappa shape index (κ3) is 1.63. The van der Waals surface area contributed by atoms with Crippen molar-refractivity contribution >= 4 is 5.97 Å². The third-order valence-corrected chi connectivity index (χ3v) is 2.45. The van der Waals surface area contributed by atoms with Crippen LogP contribution in [0.2, 0.25) is 0 Å². The Morgan fingerprint density at radius 1 is 1.79 bits per heavy atom. The maximum atomic E-state index is 10.5. The van der Waals surface area contributed by atoms with E-state index < -0.39 is 12.0 Å². The molecule has 3 N–H and O–H groups in total. The van der Waals surface area contributed by atoms with Crippen molar-refractivity contribution in [3.8, 4) is 0 Å². The van der Waals surface area contributed by atoms with Crippen LogP contribution in [0.1, 0.15) is 17.9 Å². The first-order valence-corrected chi connectivity index (χ1v) is 4.70. The predicted octanol–water partition coefficient (Wildman–Crippen LogP) is -0.216. The minimum Gasteiger partial charge on any atom is -0.480 e. The largest absolute Gasteiger partial charge is 0.480 e. The van der Waals surface area contributed by atoms with Crippen molar-refractivity contribution < 1.29 is 9.90 Å². The maximum absolute atomic E-state index is 10.5. The average Bonchev–Trinajstić information content (AvgIpc) is 2.63. The second-order valence-corrected chi connectivity index (χ2v) is 3.59. The highest BCUT2D eigenvalue weighted by Gasteiger charge is 2.17. The van der Waals surface area contributed by atoms with E-state index >= 15 is 0 Å². The van der Waals surface area contributed by atoms with Crippen molar-refractivity contribution in [2.45, 2.75) is 31.8 Å². The van der Waals surface area contributed by atoms with Gasteiger partial charge >= 0.3 is 5.97 Å². The Bertz CT molecular complexity index is 337. The highest BCUT2D eigenvalue weighted by Crippen LogP contribution is 2.14. The summed E-state index contributed by atoms with van der Waals surface area (Å²) < 4.78 is 2.07. The van der Waals surface area contributed by atoms with Gasteiger partial charge < -0.3 is 15.4 Å². The Kier molecular flexibility index (Phi) is 2.25. The number of aryl methyl sites for hydroxylation is 2. The first-order chi connectivity index (χ1) is 6.66. The van der Waals surface area contributed by atoms with E-state index in [9.17, 15) is 4.79 Å². The Hall–Kier alpha value is -1.36. The molecular weight excluding hydrogens is 182 g/mol. The minimum atomic E-state index is -0.974. The van der Waals surface area contributed by atoms with Crippen molar-refractivity contribution in [3.63, 3.8) is 0 Å². The molecule has 0 saturated heterocycles. The molecule has 1 atom stereocenters. The zero-order valence-corrected chi connectivity index (χ0v) is 7.81. The fraction of sp³-hybridized carbons (Fsp3) is 0.556. The van der Waals surface area contributed by atoms with Crippen LogP contribution >= 0.6 is 0 Å². The van der Waals surface area contributed by atoms with Crippen LogP contribution in [0.4, 0.5) is 0 Å². The van der Waals surface area contributed by atoms with E-state index in [0.717, 1.165) is 30.9 Å². The lowest BCUT2D eigenvalue weighted by molar-refractivity contribution is -0.138. The highest BCUT2D eigenvalue weighted by molar-refractivity contribution is 5.73. The van der Waals surface area contributed by atoms with Gasteiger partial charge in [0.05, 0.1) is 5.69 Å². The number of hydrogen-bond donors (Lipinski definition) is 2. The first-order valence-electron chi connectivity index (χ1n) is 4.70. The van der Waals surface area contributed by atoms with Gasteiger partial charge in [0.2, 0.25) is 0 Å². The fourth-order valence-electron chi connectivity index (χ4n) is 1.72. The molecule has 0 amide bonds. The van der Waals surface area contributed by atoms with Gasteiger partial charge in [0, 0.05) is 25.6 Å². The molecule has 0 spiro atoms. The van der Waals surface area contributed by atoms with Gasteiger partial charge in [0.1, 0.15) is 11.9 Å². The second-order valence-electron chi connectivity index (χ2n) is 3.59. The zero-order valence-electron chi connectivity index (χ0n) is 7.81. The van der Waals surface area contributed by atoms with Gasteiger partial charge in [-0.25, -0.2) is 4.98 Å². The lowest BCUT2D eigenvalue weighted by Crippen LogP contribution is -2.32. The number of nitrogens with two attached hydrogens (primary N) is 1. The van der Waals surface area contributed by atoms with E-state index in [0.29, 0.717) is 6.42 Å². The molecule has 0 saturated carbocycles. The maximum Gasteiger partial charge on any atom is 0.320 e. The number of imidazole rings is 1. The summed E-state index contributed by atoms with van der Waals surface area (Å²) in [5.74, 6) is 0.0794. The molecule has 0 aliphatic carbocycles. The molecule has 2 rings (SSSR count). The molecule has 5 nitrogen and oxygen atoms in total. The second kappa shape index (κ2) is 3.42. The number of carbonyl (C=O) groups is 1.